The summed E-state index contributed by atoms with van der Waals surface area (Å²) in [5.74, 6) is -0.380. The molecule has 0 aliphatic carbocycles. The van der Waals surface area contributed by atoms with E-state index >= 15 is 0 Å². The number of amides is 2. The van der Waals surface area contributed by atoms with E-state index in [9.17, 15) is 18.0 Å². The van der Waals surface area contributed by atoms with E-state index in [1.807, 2.05) is 0 Å². The summed E-state index contributed by atoms with van der Waals surface area (Å²) in [6.07, 6.45) is 0.559. The maximum atomic E-state index is 13.8. The highest BCUT2D eigenvalue weighted by Gasteiger charge is 2.38. The summed E-state index contributed by atoms with van der Waals surface area (Å²) in [5.41, 5.74) is 0.0605. The molecule has 9 nitrogen and oxygen atoms in total. The molecule has 3 aromatic rings. The van der Waals surface area contributed by atoms with Crippen LogP contribution < -0.4 is 14.4 Å². The summed E-state index contributed by atoms with van der Waals surface area (Å²) in [4.78, 5) is 31.1. The first kappa shape index (κ1) is 26.6. The zero-order chi connectivity index (χ0) is 27.0. The lowest BCUT2D eigenvalue weighted by Gasteiger charge is -2.36. The Bertz CT molecular complexity index is 1510. The Morgan fingerprint density at radius 3 is 2.50 bits per heavy atom. The number of likely N-dealkylation sites (tertiary alicyclic amines) is 1. The van der Waals surface area contributed by atoms with Gasteiger partial charge in [-0.05, 0) is 48.9 Å². The second kappa shape index (κ2) is 10.6. The van der Waals surface area contributed by atoms with E-state index < -0.39 is 22.0 Å². The van der Waals surface area contributed by atoms with Crippen molar-refractivity contribution in [3.05, 3.63) is 75.2 Å². The van der Waals surface area contributed by atoms with Gasteiger partial charge in [0.2, 0.25) is 5.91 Å². The minimum atomic E-state index is -4.14. The first-order valence-corrected chi connectivity index (χ1v) is 14.2. The van der Waals surface area contributed by atoms with Crippen LogP contribution >= 0.6 is 34.8 Å². The SMILES string of the molecule is O=C(Nc1ccc2c(n1)N(S(=O)(=O)c1cccc(Cl)c1)CC(CN1CCCC1=O)O2)c1c(Cl)cccc1Cl. The molecular weight excluding hydrogens is 575 g/mol. The van der Waals surface area contributed by atoms with Crippen LogP contribution in [0.4, 0.5) is 11.6 Å². The number of sulfonamides is 1. The van der Waals surface area contributed by atoms with E-state index in [1.165, 1.54) is 42.5 Å². The van der Waals surface area contributed by atoms with Gasteiger partial charge in [0.15, 0.2) is 11.6 Å². The van der Waals surface area contributed by atoms with Gasteiger partial charge in [-0.1, -0.05) is 46.9 Å². The maximum absolute atomic E-state index is 13.8. The number of fused-ring (bicyclic) bond motifs is 1. The molecule has 1 N–H and O–H groups in total. The molecule has 0 radical (unpaired) electrons. The minimum absolute atomic E-state index is 0.00179. The van der Waals surface area contributed by atoms with Crippen LogP contribution in [0.5, 0.6) is 5.75 Å². The van der Waals surface area contributed by atoms with Gasteiger partial charge < -0.3 is 15.0 Å². The summed E-state index contributed by atoms with van der Waals surface area (Å²) in [7, 11) is -4.14. The molecule has 1 atom stereocenters. The zero-order valence-electron chi connectivity index (χ0n) is 19.7. The third kappa shape index (κ3) is 5.26. The highest BCUT2D eigenvalue weighted by Crippen LogP contribution is 2.37. The Morgan fingerprint density at radius 2 is 1.82 bits per heavy atom. The van der Waals surface area contributed by atoms with E-state index in [2.05, 4.69) is 10.3 Å². The van der Waals surface area contributed by atoms with Crippen LogP contribution in [0.1, 0.15) is 23.2 Å². The Morgan fingerprint density at radius 1 is 1.08 bits per heavy atom. The number of nitrogens with one attached hydrogen (secondary N) is 1. The Balaban J connectivity index is 1.51. The molecule has 2 amide bonds. The van der Waals surface area contributed by atoms with Gasteiger partial charge in [-0.3, -0.25) is 9.59 Å². The van der Waals surface area contributed by atoms with E-state index in [0.29, 0.717) is 13.0 Å². The largest absolute Gasteiger partial charge is 0.483 e. The molecule has 1 saturated heterocycles. The standard InChI is InChI=1S/C25H21Cl3N4O5S/c26-15-4-1-5-17(12-15)38(35,36)32-14-16(13-31-11-3-8-22(31)33)37-20-9-10-21(29-24(20)32)30-25(34)23-18(27)6-2-7-19(23)28/h1-2,4-7,9-10,12,16H,3,8,11,13-14H2,(H,29,30,34). The monoisotopic (exact) mass is 594 g/mol. The molecule has 2 aromatic carbocycles. The van der Waals surface area contributed by atoms with Crippen molar-refractivity contribution in [1.82, 2.24) is 9.88 Å². The molecule has 5 rings (SSSR count). The van der Waals surface area contributed by atoms with Crippen LogP contribution in [0.2, 0.25) is 15.1 Å². The summed E-state index contributed by atoms with van der Waals surface area (Å²) in [5, 5.41) is 3.18. The number of anilines is 2. The molecule has 0 spiro atoms. The number of hydrogen-bond acceptors (Lipinski definition) is 6. The van der Waals surface area contributed by atoms with E-state index in [-0.39, 0.29) is 61.9 Å². The van der Waals surface area contributed by atoms with Gasteiger partial charge in [0.25, 0.3) is 15.9 Å². The van der Waals surface area contributed by atoms with Gasteiger partial charge in [-0.25, -0.2) is 17.7 Å². The van der Waals surface area contributed by atoms with Crippen molar-refractivity contribution in [3.8, 4) is 5.75 Å². The van der Waals surface area contributed by atoms with Crippen molar-refractivity contribution in [2.24, 2.45) is 0 Å². The summed E-state index contributed by atoms with van der Waals surface area (Å²) in [6, 6.07) is 13.6. The number of rotatable bonds is 6. The van der Waals surface area contributed by atoms with Gasteiger partial charge in [-0.2, -0.15) is 0 Å². The number of nitrogens with zero attached hydrogens (tertiary/aromatic N) is 3. The number of hydrogen-bond donors (Lipinski definition) is 1. The molecule has 1 fully saturated rings. The van der Waals surface area contributed by atoms with Crippen molar-refractivity contribution in [2.45, 2.75) is 23.8 Å². The third-order valence-corrected chi connectivity index (χ3v) is 8.77. The molecule has 0 bridgehead atoms. The number of benzene rings is 2. The maximum Gasteiger partial charge on any atom is 0.265 e. The second-order valence-electron chi connectivity index (χ2n) is 8.75. The number of carbonyl (C=O) groups excluding carboxylic acids is 2. The molecule has 198 valence electrons. The van der Waals surface area contributed by atoms with E-state index in [4.69, 9.17) is 39.5 Å². The quantitative estimate of drug-likeness (QED) is 0.435. The van der Waals surface area contributed by atoms with Crippen molar-refractivity contribution in [3.63, 3.8) is 0 Å². The molecule has 1 unspecified atom stereocenters. The van der Waals surface area contributed by atoms with E-state index in [0.717, 1.165) is 10.7 Å². The molecular formula is C25H21Cl3N4O5S. The first-order valence-electron chi connectivity index (χ1n) is 11.6. The molecule has 1 aromatic heterocycles. The fourth-order valence-corrected chi connectivity index (χ4v) is 6.69. The van der Waals surface area contributed by atoms with Crippen LogP contribution in [0, 0.1) is 0 Å². The summed E-state index contributed by atoms with van der Waals surface area (Å²) < 4.78 is 34.7. The van der Waals surface area contributed by atoms with Gasteiger partial charge in [0, 0.05) is 18.0 Å². The number of ether oxygens (including phenoxy) is 1. The number of halogens is 3. The lowest BCUT2D eigenvalue weighted by Crippen LogP contribution is -2.49. The normalized spacial score (nSPS) is 17.2. The van der Waals surface area contributed by atoms with Crippen molar-refractivity contribution >= 4 is 68.3 Å². The number of carbonyl (C=O) groups is 2. The van der Waals surface area contributed by atoms with Gasteiger partial charge in [0.1, 0.15) is 11.9 Å². The predicted molar refractivity (Wildman–Crippen MR) is 145 cm³/mol. The summed E-state index contributed by atoms with van der Waals surface area (Å²) in [6.45, 7) is 0.704. The zero-order valence-corrected chi connectivity index (χ0v) is 22.8. The average Bonchev–Trinajstić information content (AvgIpc) is 3.27. The molecule has 2 aliphatic heterocycles. The predicted octanol–water partition coefficient (Wildman–Crippen LogP) is 4.87. The molecule has 2 aliphatic rings. The van der Waals surface area contributed by atoms with Gasteiger partial charge in [-0.15, -0.1) is 0 Å². The second-order valence-corrected chi connectivity index (χ2v) is 11.9. The fraction of sp³-hybridized carbons (Fsp3) is 0.240. The smallest absolute Gasteiger partial charge is 0.265 e. The Kier molecular flexibility index (Phi) is 7.41. The molecule has 13 heteroatoms. The highest BCUT2D eigenvalue weighted by atomic mass is 35.5. The lowest BCUT2D eigenvalue weighted by atomic mass is 10.2. The van der Waals surface area contributed by atoms with Crippen LogP contribution in [-0.2, 0) is 14.8 Å². The van der Waals surface area contributed by atoms with Crippen LogP contribution in [0.25, 0.3) is 0 Å². The van der Waals surface area contributed by atoms with Crippen molar-refractivity contribution in [2.75, 3.05) is 29.3 Å². The third-order valence-electron chi connectivity index (χ3n) is 6.15. The first-order chi connectivity index (χ1) is 18.1. The lowest BCUT2D eigenvalue weighted by molar-refractivity contribution is -0.128. The van der Waals surface area contributed by atoms with Crippen LogP contribution in [0.3, 0.4) is 0 Å². The molecule has 3 heterocycles. The number of aromatic nitrogens is 1. The van der Waals surface area contributed by atoms with Crippen LogP contribution in [-0.4, -0.2) is 55.9 Å². The fourth-order valence-electron chi connectivity index (χ4n) is 4.36. The van der Waals surface area contributed by atoms with Crippen molar-refractivity contribution < 1.29 is 22.7 Å². The summed E-state index contributed by atoms with van der Waals surface area (Å²) >= 11 is 18.4. The average molecular weight is 596 g/mol. The van der Waals surface area contributed by atoms with E-state index in [1.54, 1.807) is 17.0 Å². The molecule has 0 saturated carbocycles. The highest BCUT2D eigenvalue weighted by molar-refractivity contribution is 7.92. The van der Waals surface area contributed by atoms with Crippen LogP contribution in [0.15, 0.2) is 59.5 Å². The Labute approximate surface area is 234 Å². The topological polar surface area (TPSA) is 109 Å². The van der Waals surface area contributed by atoms with Gasteiger partial charge in [0.05, 0.1) is 33.6 Å². The number of pyridine rings is 1. The minimum Gasteiger partial charge on any atom is -0.483 e. The molecule has 38 heavy (non-hydrogen) atoms. The Hall–Kier alpha value is -3.05. The van der Waals surface area contributed by atoms with Crippen molar-refractivity contribution in [1.29, 1.82) is 0 Å². The van der Waals surface area contributed by atoms with Gasteiger partial charge >= 0.3 is 0 Å².